The predicted octanol–water partition coefficient (Wildman–Crippen LogP) is 1.72. The Labute approximate surface area is 181 Å². The van der Waals surface area contributed by atoms with Crippen molar-refractivity contribution in [3.8, 4) is 0 Å². The van der Waals surface area contributed by atoms with Crippen LogP contribution >= 0.6 is 11.6 Å². The van der Waals surface area contributed by atoms with Crippen molar-refractivity contribution in [1.29, 1.82) is 0 Å². The molecular weight excluding hydrogens is 428 g/mol. The maximum atomic E-state index is 12.9. The average Bonchev–Trinajstić information content (AvgIpc) is 2.79. The number of aromatic nitrogens is 1. The van der Waals surface area contributed by atoms with E-state index in [4.69, 9.17) is 16.3 Å². The lowest BCUT2D eigenvalue weighted by atomic mass is 10.2. The highest BCUT2D eigenvalue weighted by atomic mass is 35.5. The average molecular weight is 451 g/mol. The summed E-state index contributed by atoms with van der Waals surface area (Å²) in [6.45, 7) is 3.97. The summed E-state index contributed by atoms with van der Waals surface area (Å²) in [5, 5.41) is 0.197. The first-order chi connectivity index (χ1) is 14.5. The van der Waals surface area contributed by atoms with E-state index in [9.17, 15) is 13.2 Å². The fourth-order valence-corrected chi connectivity index (χ4v) is 5.51. The molecule has 0 radical (unpaired) electrons. The minimum absolute atomic E-state index is 0.0920. The highest BCUT2D eigenvalue weighted by Gasteiger charge is 2.31. The molecule has 0 saturated carbocycles. The van der Waals surface area contributed by atoms with Crippen molar-refractivity contribution < 1.29 is 17.9 Å². The Morgan fingerprint density at radius 1 is 0.967 bits per heavy atom. The van der Waals surface area contributed by atoms with Crippen LogP contribution < -0.4 is 4.90 Å². The fraction of sp³-hybridized carbons (Fsp3) is 0.400. The summed E-state index contributed by atoms with van der Waals surface area (Å²) in [7, 11) is -3.69. The third-order valence-electron chi connectivity index (χ3n) is 5.31. The number of carbonyl (C=O) groups is 1. The lowest BCUT2D eigenvalue weighted by Gasteiger charge is -2.34. The van der Waals surface area contributed by atoms with Gasteiger partial charge in [-0.15, -0.1) is 0 Å². The van der Waals surface area contributed by atoms with Gasteiger partial charge in [0, 0.05) is 45.5 Å². The van der Waals surface area contributed by atoms with E-state index >= 15 is 0 Å². The van der Waals surface area contributed by atoms with Gasteiger partial charge in [0.2, 0.25) is 10.0 Å². The van der Waals surface area contributed by atoms with Crippen molar-refractivity contribution in [2.24, 2.45) is 0 Å². The highest BCUT2D eigenvalue weighted by Crippen LogP contribution is 2.25. The molecule has 3 heterocycles. The molecule has 0 aliphatic carbocycles. The zero-order chi connectivity index (χ0) is 21.1. The number of benzene rings is 1. The summed E-state index contributed by atoms with van der Waals surface area (Å²) in [5.41, 5.74) is 0.495. The topological polar surface area (TPSA) is 83.1 Å². The fourth-order valence-electron chi connectivity index (χ4n) is 3.60. The minimum atomic E-state index is -3.69. The van der Waals surface area contributed by atoms with Crippen molar-refractivity contribution in [1.82, 2.24) is 14.2 Å². The molecule has 8 nitrogen and oxygen atoms in total. The Morgan fingerprint density at radius 2 is 1.67 bits per heavy atom. The molecule has 2 aliphatic heterocycles. The molecule has 0 spiro atoms. The summed E-state index contributed by atoms with van der Waals surface area (Å²) in [6, 6.07) is 10.0. The number of hydrogen-bond donors (Lipinski definition) is 0. The zero-order valence-corrected chi connectivity index (χ0v) is 18.0. The quantitative estimate of drug-likeness (QED) is 0.705. The molecule has 0 atom stereocenters. The summed E-state index contributed by atoms with van der Waals surface area (Å²) in [5.74, 6) is 0.677. The number of halogens is 1. The third-order valence-corrected chi connectivity index (χ3v) is 7.71. The minimum Gasteiger partial charge on any atom is -0.378 e. The van der Waals surface area contributed by atoms with Crippen molar-refractivity contribution in [3.63, 3.8) is 0 Å². The molecule has 10 heteroatoms. The number of carbonyl (C=O) groups excluding carboxylic acids is 1. The Morgan fingerprint density at radius 3 is 2.30 bits per heavy atom. The SMILES string of the molecule is O=C(c1ccc(N2CCOCC2)nc1)N1CCN(S(=O)(=O)c2ccccc2Cl)CC1. The van der Waals surface area contributed by atoms with Gasteiger partial charge in [-0.2, -0.15) is 4.31 Å². The molecule has 0 unspecified atom stereocenters. The summed E-state index contributed by atoms with van der Waals surface area (Å²) < 4.78 is 32.4. The van der Waals surface area contributed by atoms with Gasteiger partial charge in [0.15, 0.2) is 0 Å². The standard InChI is InChI=1S/C20H23ClN4O4S/c21-17-3-1-2-4-18(17)30(27,28)25-9-7-24(8-10-25)20(26)16-5-6-19(22-15-16)23-11-13-29-14-12-23/h1-6,15H,7-14H2. The molecule has 2 saturated heterocycles. The number of sulfonamides is 1. The highest BCUT2D eigenvalue weighted by molar-refractivity contribution is 7.89. The number of nitrogens with zero attached hydrogens (tertiary/aromatic N) is 4. The molecule has 2 aliphatic rings. The van der Waals surface area contributed by atoms with Crippen molar-refractivity contribution >= 4 is 33.3 Å². The second-order valence-corrected chi connectivity index (χ2v) is 9.44. The molecule has 2 fully saturated rings. The van der Waals surface area contributed by atoms with Gasteiger partial charge < -0.3 is 14.5 Å². The first kappa shape index (κ1) is 21.0. The van der Waals surface area contributed by atoms with Crippen LogP contribution in [0.5, 0.6) is 0 Å². The summed E-state index contributed by atoms with van der Waals surface area (Å²) in [4.78, 5) is 21.1. The van der Waals surface area contributed by atoms with Crippen molar-refractivity contribution in [3.05, 3.63) is 53.2 Å². The van der Waals surface area contributed by atoms with E-state index < -0.39 is 10.0 Å². The smallest absolute Gasteiger partial charge is 0.255 e. The number of amides is 1. The van der Waals surface area contributed by atoms with Crippen LogP contribution in [0, 0.1) is 0 Å². The van der Waals surface area contributed by atoms with Crippen LogP contribution in [0.15, 0.2) is 47.5 Å². The van der Waals surface area contributed by atoms with E-state index in [1.54, 1.807) is 35.4 Å². The molecular formula is C20H23ClN4O4S. The third kappa shape index (κ3) is 4.29. The van der Waals surface area contributed by atoms with Gasteiger partial charge in [-0.25, -0.2) is 13.4 Å². The van der Waals surface area contributed by atoms with E-state index in [1.807, 2.05) is 6.07 Å². The maximum Gasteiger partial charge on any atom is 0.255 e. The van der Waals surface area contributed by atoms with Crippen LogP contribution in [0.25, 0.3) is 0 Å². The van der Waals surface area contributed by atoms with Crippen LogP contribution in [-0.4, -0.2) is 81.0 Å². The Kier molecular flexibility index (Phi) is 6.24. The lowest BCUT2D eigenvalue weighted by Crippen LogP contribution is -2.50. The molecule has 0 N–H and O–H groups in total. The van der Waals surface area contributed by atoms with Gasteiger partial charge in [0.05, 0.1) is 23.8 Å². The van der Waals surface area contributed by atoms with Crippen LogP contribution in [0.2, 0.25) is 5.02 Å². The number of hydrogen-bond acceptors (Lipinski definition) is 6. The van der Waals surface area contributed by atoms with Gasteiger partial charge in [-0.05, 0) is 24.3 Å². The molecule has 30 heavy (non-hydrogen) atoms. The number of anilines is 1. The molecule has 1 amide bonds. The number of morpholine rings is 1. The Hall–Kier alpha value is -2.20. The predicted molar refractivity (Wildman–Crippen MR) is 113 cm³/mol. The molecule has 1 aromatic heterocycles. The lowest BCUT2D eigenvalue weighted by molar-refractivity contribution is 0.0697. The molecule has 160 valence electrons. The molecule has 0 bridgehead atoms. The Balaban J connectivity index is 1.39. The number of pyridine rings is 1. The van der Waals surface area contributed by atoms with Gasteiger partial charge in [-0.3, -0.25) is 4.79 Å². The normalized spacial score (nSPS) is 18.4. The van der Waals surface area contributed by atoms with Crippen LogP contribution in [0.4, 0.5) is 5.82 Å². The van der Waals surface area contributed by atoms with Crippen LogP contribution in [0.1, 0.15) is 10.4 Å². The monoisotopic (exact) mass is 450 g/mol. The molecule has 4 rings (SSSR count). The summed E-state index contributed by atoms with van der Waals surface area (Å²) in [6.07, 6.45) is 1.58. The Bertz CT molecular complexity index is 1000. The second-order valence-electron chi connectivity index (χ2n) is 7.13. The maximum absolute atomic E-state index is 12.9. The van der Waals surface area contributed by atoms with Crippen LogP contribution in [0.3, 0.4) is 0 Å². The number of rotatable bonds is 4. The number of ether oxygens (including phenoxy) is 1. The van der Waals surface area contributed by atoms with E-state index in [0.29, 0.717) is 31.9 Å². The van der Waals surface area contributed by atoms with E-state index in [0.717, 1.165) is 18.9 Å². The summed E-state index contributed by atoms with van der Waals surface area (Å²) >= 11 is 6.07. The van der Waals surface area contributed by atoms with Gasteiger partial charge in [0.1, 0.15) is 10.7 Å². The van der Waals surface area contributed by atoms with E-state index in [-0.39, 0.29) is 28.9 Å². The van der Waals surface area contributed by atoms with Crippen molar-refractivity contribution in [2.75, 3.05) is 57.4 Å². The van der Waals surface area contributed by atoms with Gasteiger partial charge >= 0.3 is 0 Å². The van der Waals surface area contributed by atoms with E-state index in [2.05, 4.69) is 9.88 Å². The van der Waals surface area contributed by atoms with Gasteiger partial charge in [0.25, 0.3) is 5.91 Å². The second kappa shape index (κ2) is 8.89. The zero-order valence-electron chi connectivity index (χ0n) is 16.4. The first-order valence-corrected chi connectivity index (χ1v) is 11.6. The van der Waals surface area contributed by atoms with Crippen LogP contribution in [-0.2, 0) is 14.8 Å². The number of piperazine rings is 1. The molecule has 2 aromatic rings. The van der Waals surface area contributed by atoms with Gasteiger partial charge in [-0.1, -0.05) is 23.7 Å². The van der Waals surface area contributed by atoms with E-state index in [1.165, 1.54) is 10.4 Å². The first-order valence-electron chi connectivity index (χ1n) is 9.79. The van der Waals surface area contributed by atoms with Crippen molar-refractivity contribution in [2.45, 2.75) is 4.90 Å². The molecule has 1 aromatic carbocycles. The largest absolute Gasteiger partial charge is 0.378 e.